The number of alkyl halides is 1. The van der Waals surface area contributed by atoms with E-state index in [1.54, 1.807) is 28.9 Å². The van der Waals surface area contributed by atoms with Crippen LogP contribution >= 0.6 is 11.6 Å². The van der Waals surface area contributed by atoms with E-state index in [1.807, 2.05) is 48.2 Å². The molecule has 0 saturated carbocycles. The highest BCUT2D eigenvalue weighted by Crippen LogP contribution is 2.32. The monoisotopic (exact) mass is 593 g/mol. The van der Waals surface area contributed by atoms with Crippen LogP contribution in [0.25, 0.3) is 5.69 Å². The third kappa shape index (κ3) is 6.82. The number of rotatable bonds is 13. The van der Waals surface area contributed by atoms with Crippen LogP contribution in [0.1, 0.15) is 56.7 Å². The van der Waals surface area contributed by atoms with Crippen LogP contribution in [-0.2, 0) is 11.3 Å². The highest BCUT2D eigenvalue weighted by Gasteiger charge is 2.37. The fourth-order valence-corrected chi connectivity index (χ4v) is 5.01. The van der Waals surface area contributed by atoms with E-state index in [9.17, 15) is 4.79 Å². The zero-order valence-electron chi connectivity index (χ0n) is 24.4. The topological polar surface area (TPSA) is 102 Å². The molecule has 2 heterocycles. The van der Waals surface area contributed by atoms with Crippen molar-refractivity contribution in [2.75, 3.05) is 13.7 Å². The minimum Gasteiger partial charge on any atom is -0.494 e. The molecular weight excluding hydrogens is 557 g/mol. The number of carbonyl (C=O) groups is 1. The van der Waals surface area contributed by atoms with E-state index in [4.69, 9.17) is 37.3 Å². The van der Waals surface area contributed by atoms with Crippen molar-refractivity contribution in [3.8, 4) is 11.4 Å². The second-order valence-corrected chi connectivity index (χ2v) is 11.3. The van der Waals surface area contributed by atoms with E-state index in [2.05, 4.69) is 13.2 Å². The fraction of sp³-hybridized carbons (Fsp3) is 0.355. The first-order chi connectivity index (χ1) is 19.9. The normalized spacial score (nSPS) is 15.0. The van der Waals surface area contributed by atoms with Crippen molar-refractivity contribution in [1.29, 1.82) is 0 Å². The van der Waals surface area contributed by atoms with Gasteiger partial charge in [0, 0.05) is 41.1 Å². The molecule has 0 fully saturated rings. The molecular formula is C31H37ClFN7O2. The number of nitrogens with zero attached hydrogens (tertiary/aromatic N) is 6. The molecule has 11 heteroatoms. The zero-order valence-corrected chi connectivity index (χ0v) is 25.2. The summed E-state index contributed by atoms with van der Waals surface area (Å²) in [5.74, 6) is 2.22. The molecule has 0 spiro atoms. The summed E-state index contributed by atoms with van der Waals surface area (Å²) in [6, 6.07) is 14.8. The Morgan fingerprint density at radius 2 is 1.90 bits per heavy atom. The number of hydrogen-bond donors (Lipinski definition) is 1. The molecule has 1 aliphatic heterocycles. The van der Waals surface area contributed by atoms with Crippen LogP contribution in [0.4, 0.5) is 4.39 Å². The van der Waals surface area contributed by atoms with Gasteiger partial charge in [-0.25, -0.2) is 19.1 Å². The van der Waals surface area contributed by atoms with Crippen molar-refractivity contribution >= 4 is 23.7 Å². The van der Waals surface area contributed by atoms with Crippen LogP contribution in [0.2, 0.25) is 5.02 Å². The van der Waals surface area contributed by atoms with Crippen molar-refractivity contribution in [1.82, 2.24) is 24.7 Å². The molecule has 4 rings (SSSR count). The van der Waals surface area contributed by atoms with E-state index in [-0.39, 0.29) is 25.4 Å². The Morgan fingerprint density at radius 3 is 2.52 bits per heavy atom. The third-order valence-electron chi connectivity index (χ3n) is 7.23. The largest absolute Gasteiger partial charge is 0.494 e. The molecule has 222 valence electrons. The molecule has 2 unspecified atom stereocenters. The Labute approximate surface area is 251 Å². The van der Waals surface area contributed by atoms with Gasteiger partial charge in [0.2, 0.25) is 0 Å². The molecule has 0 bridgehead atoms. The number of methoxy groups -OCH3 is 1. The van der Waals surface area contributed by atoms with E-state index in [1.165, 1.54) is 13.8 Å². The van der Waals surface area contributed by atoms with Gasteiger partial charge >= 0.3 is 0 Å². The zero-order chi connectivity index (χ0) is 30.6. The molecule has 0 radical (unpaired) electrons. The minimum absolute atomic E-state index is 0.0553. The molecule has 2 N–H and O–H groups in total. The second kappa shape index (κ2) is 12.8. The lowest BCUT2D eigenvalue weighted by molar-refractivity contribution is -0.109. The van der Waals surface area contributed by atoms with Gasteiger partial charge in [-0.3, -0.25) is 0 Å². The number of hydrogen-bond acceptors (Lipinski definition) is 8. The predicted octanol–water partition coefficient (Wildman–Crippen LogP) is 5.80. The number of amidine groups is 1. The highest BCUT2D eigenvalue weighted by molar-refractivity contribution is 6.30. The van der Waals surface area contributed by atoms with Crippen LogP contribution in [0.15, 0.2) is 78.3 Å². The molecule has 1 aromatic heterocycles. The van der Waals surface area contributed by atoms with E-state index < -0.39 is 11.6 Å². The van der Waals surface area contributed by atoms with Gasteiger partial charge in [0.15, 0.2) is 11.7 Å². The summed E-state index contributed by atoms with van der Waals surface area (Å²) in [4.78, 5) is 18.1. The van der Waals surface area contributed by atoms with E-state index >= 15 is 4.39 Å². The number of ether oxygens (including phenoxy) is 1. The minimum atomic E-state index is -1.60. The smallest absolute Gasteiger partial charge is 0.172 e. The molecule has 2 aromatic carbocycles. The Morgan fingerprint density at radius 1 is 1.21 bits per heavy atom. The summed E-state index contributed by atoms with van der Waals surface area (Å²) in [5.41, 5.74) is 6.39. The maximum atomic E-state index is 15.1. The number of para-hydroxylation sites is 2. The average Bonchev–Trinajstić information content (AvgIpc) is 3.49. The molecule has 0 amide bonds. The Balaban J connectivity index is 1.73. The molecule has 9 nitrogen and oxygen atoms in total. The molecule has 1 aliphatic rings. The average molecular weight is 594 g/mol. The summed E-state index contributed by atoms with van der Waals surface area (Å²) in [7, 11) is 1.61. The lowest BCUT2D eigenvalue weighted by Crippen LogP contribution is -2.40. The number of aldehydes is 1. The summed E-state index contributed by atoms with van der Waals surface area (Å²) < 4.78 is 22.5. The van der Waals surface area contributed by atoms with Crippen molar-refractivity contribution in [2.24, 2.45) is 16.8 Å². The summed E-state index contributed by atoms with van der Waals surface area (Å²) in [6.07, 6.45) is 1.32. The predicted molar refractivity (Wildman–Crippen MR) is 163 cm³/mol. The van der Waals surface area contributed by atoms with Crippen molar-refractivity contribution in [2.45, 2.75) is 51.7 Å². The Hall–Kier alpha value is -4.18. The number of hydrazone groups is 1. The number of benzene rings is 2. The van der Waals surface area contributed by atoms with E-state index in [0.717, 1.165) is 17.5 Å². The van der Waals surface area contributed by atoms with Gasteiger partial charge in [-0.1, -0.05) is 43.8 Å². The number of aromatic nitrogens is 3. The van der Waals surface area contributed by atoms with Crippen LogP contribution in [0, 0.1) is 5.92 Å². The van der Waals surface area contributed by atoms with Crippen molar-refractivity contribution in [3.63, 3.8) is 0 Å². The Bertz CT molecular complexity index is 1480. The van der Waals surface area contributed by atoms with Gasteiger partial charge in [0.25, 0.3) is 0 Å². The maximum absolute atomic E-state index is 15.1. The van der Waals surface area contributed by atoms with Gasteiger partial charge < -0.3 is 20.2 Å². The van der Waals surface area contributed by atoms with Crippen molar-refractivity contribution in [3.05, 3.63) is 95.4 Å². The molecule has 2 atom stereocenters. The van der Waals surface area contributed by atoms with Gasteiger partial charge in [-0.15, -0.1) is 5.10 Å². The van der Waals surface area contributed by atoms with Gasteiger partial charge in [0.1, 0.15) is 41.6 Å². The summed E-state index contributed by atoms with van der Waals surface area (Å²) >= 11 is 6.14. The molecule has 0 aliphatic carbocycles. The number of halogens is 2. The SMILES string of the molecule is C=C(N)CC(C)c1nc(CN2N=C(c3ccc(Cl)cc3)N(CC(CC=O)C(C)(C)F)C2=C)nn1-c1ccccc1OC. The standard InChI is InChI=1S/C31H37ClFN7O2/c1-20(17-21(2)34)29-35-28(36-40(29)26-9-7-8-10-27(26)42-6)19-39-22(3)38(18-24(15-16-41)31(4,5)33)30(37-39)23-11-13-25(32)14-12-23/h7-14,16,20,24H,2-3,15,17-19,34H2,1,4-6H3. The second-order valence-electron chi connectivity index (χ2n) is 10.9. The molecule has 42 heavy (non-hydrogen) atoms. The first-order valence-electron chi connectivity index (χ1n) is 13.7. The summed E-state index contributed by atoms with van der Waals surface area (Å²) in [5, 5.41) is 12.0. The summed E-state index contributed by atoms with van der Waals surface area (Å²) in [6.45, 7) is 13.5. The lowest BCUT2D eigenvalue weighted by atomic mass is 9.89. The van der Waals surface area contributed by atoms with E-state index in [0.29, 0.717) is 46.2 Å². The van der Waals surface area contributed by atoms with Crippen LogP contribution in [0.5, 0.6) is 5.75 Å². The number of carbonyl (C=O) groups excluding carboxylic acids is 1. The lowest BCUT2D eigenvalue weighted by Gasteiger charge is -2.32. The van der Waals surface area contributed by atoms with Gasteiger partial charge in [-0.2, -0.15) is 5.10 Å². The van der Waals surface area contributed by atoms with Crippen LogP contribution < -0.4 is 10.5 Å². The maximum Gasteiger partial charge on any atom is 0.172 e. The number of allylic oxidation sites excluding steroid dienone is 1. The number of nitrogens with two attached hydrogens (primary N) is 1. The third-order valence-corrected chi connectivity index (χ3v) is 7.48. The van der Waals surface area contributed by atoms with Gasteiger partial charge in [-0.05, 0) is 56.7 Å². The molecule has 3 aromatic rings. The van der Waals surface area contributed by atoms with Crippen LogP contribution in [0.3, 0.4) is 0 Å². The van der Waals surface area contributed by atoms with Gasteiger partial charge in [0.05, 0.1) is 7.11 Å². The first-order valence-corrected chi connectivity index (χ1v) is 14.0. The molecule has 0 saturated heterocycles. The Kier molecular flexibility index (Phi) is 9.36. The highest BCUT2D eigenvalue weighted by atomic mass is 35.5. The first kappa shape index (κ1) is 30.8. The van der Waals surface area contributed by atoms with Crippen molar-refractivity contribution < 1.29 is 13.9 Å². The quantitative estimate of drug-likeness (QED) is 0.250. The fourth-order valence-electron chi connectivity index (χ4n) is 4.88. The van der Waals surface area contributed by atoms with Crippen LogP contribution in [-0.4, -0.2) is 56.1 Å².